The molecule has 0 aliphatic carbocycles. The summed E-state index contributed by atoms with van der Waals surface area (Å²) in [6.07, 6.45) is 0. The third-order valence-corrected chi connectivity index (χ3v) is 3.05. The Morgan fingerprint density at radius 1 is 1.08 bits per heavy atom. The van der Waals surface area contributed by atoms with E-state index in [2.05, 4.69) is 0 Å². The number of carbonyl (C=O) groups is 3. The lowest BCUT2D eigenvalue weighted by Gasteiger charge is -2.09. The van der Waals surface area contributed by atoms with Gasteiger partial charge in [0, 0.05) is 0 Å². The number of phenols is 1. The quantitative estimate of drug-likeness (QED) is 0.565. The van der Waals surface area contributed by atoms with Crippen LogP contribution in [0.3, 0.4) is 0 Å². The minimum absolute atomic E-state index is 0.0397. The summed E-state index contributed by atoms with van der Waals surface area (Å²) in [7, 11) is 0. The number of carboxylic acid groups (broad SMARTS) is 1. The summed E-state index contributed by atoms with van der Waals surface area (Å²) in [5.41, 5.74) is 4.53. The number of nitriles is 1. The van der Waals surface area contributed by atoms with Crippen LogP contribution in [0.2, 0.25) is 0 Å². The molecular weight excluding hydrogens is 316 g/mol. The highest BCUT2D eigenvalue weighted by molar-refractivity contribution is 6.00. The summed E-state index contributed by atoms with van der Waals surface area (Å²) >= 11 is 0. The molecule has 0 spiro atoms. The van der Waals surface area contributed by atoms with E-state index in [1.807, 2.05) is 0 Å². The fourth-order valence-electron chi connectivity index (χ4n) is 1.86. The number of nitrogens with zero attached hydrogens (tertiary/aromatic N) is 1. The molecule has 24 heavy (non-hydrogen) atoms. The van der Waals surface area contributed by atoms with Gasteiger partial charge in [-0.05, 0) is 36.4 Å². The average Bonchev–Trinajstić information content (AvgIpc) is 2.55. The highest BCUT2D eigenvalue weighted by atomic mass is 16.5. The number of carboxylic acids is 1. The number of aromatic carboxylic acids is 1. The van der Waals surface area contributed by atoms with Crippen LogP contribution in [0.15, 0.2) is 36.4 Å². The number of benzene rings is 2. The van der Waals surface area contributed by atoms with Crippen LogP contribution in [0.1, 0.15) is 36.6 Å². The Bertz CT molecular complexity index is 898. The minimum Gasteiger partial charge on any atom is -0.507 e. The number of hydrogen-bond donors (Lipinski definition) is 3. The van der Waals surface area contributed by atoms with Gasteiger partial charge in [-0.15, -0.1) is 0 Å². The second-order valence-corrected chi connectivity index (χ2v) is 4.61. The Morgan fingerprint density at radius 3 is 2.33 bits per heavy atom. The van der Waals surface area contributed by atoms with Gasteiger partial charge in [0.1, 0.15) is 17.6 Å². The topological polar surface area (TPSA) is 151 Å². The van der Waals surface area contributed by atoms with Gasteiger partial charge in [0.05, 0.1) is 22.3 Å². The summed E-state index contributed by atoms with van der Waals surface area (Å²) in [6.45, 7) is 0. The lowest BCUT2D eigenvalue weighted by molar-refractivity contribution is 0.0696. The first kappa shape index (κ1) is 16.5. The van der Waals surface area contributed by atoms with Crippen molar-refractivity contribution in [1.82, 2.24) is 0 Å². The highest BCUT2D eigenvalue weighted by Crippen LogP contribution is 2.23. The number of esters is 1. The molecule has 0 aliphatic rings. The standard InChI is InChI=1S/C16H10N2O6/c17-7-10-5-9(1-3-12(10)19)16(23)24-13-4-2-8(15(21)22)6-11(13)14(18)20/h1-6,19H,(H2,18,20)(H,21,22). The van der Waals surface area contributed by atoms with Crippen molar-refractivity contribution >= 4 is 17.8 Å². The van der Waals surface area contributed by atoms with Gasteiger partial charge in [-0.3, -0.25) is 4.79 Å². The predicted molar refractivity (Wildman–Crippen MR) is 79.7 cm³/mol. The molecule has 8 heteroatoms. The molecule has 2 aromatic carbocycles. The molecule has 0 saturated carbocycles. The minimum atomic E-state index is -1.27. The number of phenolic OH excluding ortho intramolecular Hbond substituents is 1. The Balaban J connectivity index is 2.37. The first-order chi connectivity index (χ1) is 11.3. The van der Waals surface area contributed by atoms with Crippen LogP contribution < -0.4 is 10.5 Å². The lowest BCUT2D eigenvalue weighted by atomic mass is 10.1. The average molecular weight is 326 g/mol. The molecule has 0 aromatic heterocycles. The van der Waals surface area contributed by atoms with Gasteiger partial charge in [-0.2, -0.15) is 5.26 Å². The van der Waals surface area contributed by atoms with Crippen molar-refractivity contribution in [3.05, 3.63) is 58.7 Å². The molecule has 0 heterocycles. The Kier molecular flexibility index (Phi) is 4.47. The van der Waals surface area contributed by atoms with Crippen molar-refractivity contribution in [1.29, 1.82) is 5.26 Å². The van der Waals surface area contributed by atoms with Gasteiger partial charge in [-0.25, -0.2) is 9.59 Å². The predicted octanol–water partition coefficient (Wildman–Crippen LogP) is 1.28. The maximum absolute atomic E-state index is 12.1. The van der Waals surface area contributed by atoms with Crippen molar-refractivity contribution in [3.63, 3.8) is 0 Å². The van der Waals surface area contributed by atoms with Crippen LogP contribution in [-0.2, 0) is 0 Å². The maximum atomic E-state index is 12.1. The number of primary amides is 1. The number of rotatable bonds is 4. The molecule has 0 aliphatic heterocycles. The van der Waals surface area contributed by atoms with Crippen LogP contribution in [0.5, 0.6) is 11.5 Å². The zero-order valence-electron chi connectivity index (χ0n) is 12.0. The van der Waals surface area contributed by atoms with Gasteiger partial charge >= 0.3 is 11.9 Å². The molecule has 2 aromatic rings. The Labute approximate surface area is 135 Å². The van der Waals surface area contributed by atoms with E-state index in [9.17, 15) is 19.5 Å². The van der Waals surface area contributed by atoms with E-state index < -0.39 is 17.8 Å². The molecule has 0 unspecified atom stereocenters. The van der Waals surface area contributed by atoms with Crippen molar-refractivity contribution in [2.75, 3.05) is 0 Å². The van der Waals surface area contributed by atoms with Crippen LogP contribution in [0.25, 0.3) is 0 Å². The summed E-state index contributed by atoms with van der Waals surface area (Å²) < 4.78 is 5.04. The van der Waals surface area contributed by atoms with E-state index in [0.29, 0.717) is 0 Å². The van der Waals surface area contributed by atoms with E-state index in [4.69, 9.17) is 20.8 Å². The summed E-state index contributed by atoms with van der Waals surface area (Å²) in [5.74, 6) is -3.66. The van der Waals surface area contributed by atoms with Crippen molar-refractivity contribution in [2.24, 2.45) is 5.73 Å². The molecule has 0 radical (unpaired) electrons. The van der Waals surface area contributed by atoms with E-state index >= 15 is 0 Å². The number of aromatic hydroxyl groups is 1. The second-order valence-electron chi connectivity index (χ2n) is 4.61. The zero-order valence-corrected chi connectivity index (χ0v) is 12.0. The van der Waals surface area contributed by atoms with Crippen LogP contribution >= 0.6 is 0 Å². The summed E-state index contributed by atoms with van der Waals surface area (Å²) in [5, 5.41) is 27.2. The SMILES string of the molecule is N#Cc1cc(C(=O)Oc2ccc(C(=O)O)cc2C(N)=O)ccc1O. The number of carbonyl (C=O) groups excluding carboxylic acids is 2. The molecule has 8 nitrogen and oxygen atoms in total. The van der Waals surface area contributed by atoms with Gasteiger partial charge in [0.15, 0.2) is 0 Å². The molecule has 0 atom stereocenters. The van der Waals surface area contributed by atoms with Crippen molar-refractivity contribution in [3.8, 4) is 17.6 Å². The van der Waals surface area contributed by atoms with Gasteiger partial charge in [0.2, 0.25) is 0 Å². The summed E-state index contributed by atoms with van der Waals surface area (Å²) in [6, 6.07) is 8.48. The number of nitrogens with two attached hydrogens (primary N) is 1. The number of ether oxygens (including phenoxy) is 1. The van der Waals surface area contributed by atoms with E-state index in [0.717, 1.165) is 30.3 Å². The molecule has 120 valence electrons. The molecular formula is C16H10N2O6. The zero-order chi connectivity index (χ0) is 17.9. The van der Waals surface area contributed by atoms with E-state index in [-0.39, 0.29) is 33.8 Å². The molecule has 0 fully saturated rings. The van der Waals surface area contributed by atoms with Crippen molar-refractivity contribution < 1.29 is 29.3 Å². The van der Waals surface area contributed by atoms with Gasteiger partial charge in [-0.1, -0.05) is 0 Å². The Morgan fingerprint density at radius 2 is 1.75 bits per heavy atom. The van der Waals surface area contributed by atoms with Gasteiger partial charge < -0.3 is 20.7 Å². The second kappa shape index (κ2) is 6.50. The summed E-state index contributed by atoms with van der Waals surface area (Å²) in [4.78, 5) is 34.4. The molecule has 1 amide bonds. The van der Waals surface area contributed by atoms with Gasteiger partial charge in [0.25, 0.3) is 5.91 Å². The molecule has 0 saturated heterocycles. The van der Waals surface area contributed by atoms with E-state index in [1.54, 1.807) is 6.07 Å². The Hall–Kier alpha value is -3.86. The number of amides is 1. The van der Waals surface area contributed by atoms with Crippen LogP contribution in [0, 0.1) is 11.3 Å². The smallest absolute Gasteiger partial charge is 0.343 e. The molecule has 0 bridgehead atoms. The monoisotopic (exact) mass is 326 g/mol. The first-order valence-corrected chi connectivity index (χ1v) is 6.46. The maximum Gasteiger partial charge on any atom is 0.343 e. The number of hydrogen-bond acceptors (Lipinski definition) is 6. The highest BCUT2D eigenvalue weighted by Gasteiger charge is 2.18. The third-order valence-electron chi connectivity index (χ3n) is 3.05. The van der Waals surface area contributed by atoms with Crippen LogP contribution in [0.4, 0.5) is 0 Å². The fraction of sp³-hybridized carbons (Fsp3) is 0. The third kappa shape index (κ3) is 3.31. The lowest BCUT2D eigenvalue weighted by Crippen LogP contribution is -2.17. The van der Waals surface area contributed by atoms with Crippen LogP contribution in [-0.4, -0.2) is 28.1 Å². The molecule has 4 N–H and O–H groups in total. The van der Waals surface area contributed by atoms with Crippen molar-refractivity contribution in [2.45, 2.75) is 0 Å². The van der Waals surface area contributed by atoms with E-state index in [1.165, 1.54) is 6.07 Å². The largest absolute Gasteiger partial charge is 0.507 e. The molecule has 2 rings (SSSR count). The first-order valence-electron chi connectivity index (χ1n) is 6.46. The fourth-order valence-corrected chi connectivity index (χ4v) is 1.86. The normalized spacial score (nSPS) is 9.79.